The number of rotatable bonds is 8. The number of nitrogens with zero attached hydrogens (tertiary/aromatic N) is 1. The quantitative estimate of drug-likeness (QED) is 0.440. The van der Waals surface area contributed by atoms with Crippen molar-refractivity contribution in [3.05, 3.63) is 58.1 Å². The highest BCUT2D eigenvalue weighted by Crippen LogP contribution is 2.33. The molecular formula is C20H20N2O2S2. The Morgan fingerprint density at radius 3 is 3.00 bits per heavy atom. The normalized spacial score (nSPS) is 12.5. The third kappa shape index (κ3) is 3.98. The fourth-order valence-corrected chi connectivity index (χ4v) is 4.24. The number of nitrogens with one attached hydrogen (secondary N) is 1. The number of ether oxygens (including phenoxy) is 1. The van der Waals surface area contributed by atoms with E-state index in [-0.39, 0.29) is 0 Å². The molecular weight excluding hydrogens is 364 g/mol. The minimum Gasteiger partial charge on any atom is -0.493 e. The van der Waals surface area contributed by atoms with Gasteiger partial charge in [-0.05, 0) is 35.0 Å². The van der Waals surface area contributed by atoms with Gasteiger partial charge in [-0.1, -0.05) is 30.3 Å². The van der Waals surface area contributed by atoms with Gasteiger partial charge in [0.1, 0.15) is 16.1 Å². The second-order valence-corrected chi connectivity index (χ2v) is 8.25. The summed E-state index contributed by atoms with van der Waals surface area (Å²) in [6, 6.07) is 14.2. The first-order chi connectivity index (χ1) is 12.8. The summed E-state index contributed by atoms with van der Waals surface area (Å²) in [5.41, 5.74) is 2.74. The lowest BCUT2D eigenvalue weighted by atomic mass is 10.1. The Balaban J connectivity index is 1.33. The Labute approximate surface area is 160 Å². The molecule has 0 spiro atoms. The third-order valence-electron chi connectivity index (χ3n) is 4.09. The molecule has 4 aromatic rings. The summed E-state index contributed by atoms with van der Waals surface area (Å²) in [5.74, 6) is 1.29. The maximum Gasteiger partial charge on any atom is 0.178 e. The molecule has 26 heavy (non-hydrogen) atoms. The van der Waals surface area contributed by atoms with Gasteiger partial charge in [0, 0.05) is 29.4 Å². The van der Waals surface area contributed by atoms with Crippen LogP contribution in [0.3, 0.4) is 0 Å². The van der Waals surface area contributed by atoms with E-state index in [0.29, 0.717) is 12.5 Å². The predicted octanol–water partition coefficient (Wildman–Crippen LogP) is 5.42. The number of aromatic nitrogens is 1. The summed E-state index contributed by atoms with van der Waals surface area (Å²) in [5, 5.41) is 11.8. The van der Waals surface area contributed by atoms with Crippen LogP contribution in [0.5, 0.6) is 5.75 Å². The van der Waals surface area contributed by atoms with E-state index < -0.39 is 0 Å². The summed E-state index contributed by atoms with van der Waals surface area (Å²) >= 11 is 3.42. The highest BCUT2D eigenvalue weighted by Gasteiger charge is 2.12. The van der Waals surface area contributed by atoms with Crippen molar-refractivity contribution in [1.82, 2.24) is 10.5 Å². The molecule has 0 saturated heterocycles. The number of hydrogen-bond donors (Lipinski definition) is 1. The first-order valence-electron chi connectivity index (χ1n) is 8.59. The highest BCUT2D eigenvalue weighted by atomic mass is 32.1. The molecule has 0 radical (unpaired) electrons. The molecule has 0 bridgehead atoms. The number of thiophene rings is 2. The molecule has 1 aromatic carbocycles. The van der Waals surface area contributed by atoms with Gasteiger partial charge in [-0.2, -0.15) is 0 Å². The van der Waals surface area contributed by atoms with Crippen molar-refractivity contribution in [2.75, 3.05) is 13.2 Å². The standard InChI is InChI=1S/C20H20N2O2S2/c1-14(11-21-12-17-6-3-8-25-17)13-23-16-5-2-4-15(10-16)19-20-18(24-22-19)7-9-26-20/h2-10,14,21H,11-13H2,1H3. The second-order valence-electron chi connectivity index (χ2n) is 6.30. The van der Waals surface area contributed by atoms with Gasteiger partial charge >= 0.3 is 0 Å². The fraction of sp³-hybridized carbons (Fsp3) is 0.250. The molecule has 0 amide bonds. The molecule has 0 fully saturated rings. The first-order valence-corrected chi connectivity index (χ1v) is 10.3. The van der Waals surface area contributed by atoms with Crippen molar-refractivity contribution in [1.29, 1.82) is 0 Å². The molecule has 0 aliphatic carbocycles. The molecule has 1 N–H and O–H groups in total. The van der Waals surface area contributed by atoms with E-state index in [1.807, 2.05) is 35.7 Å². The van der Waals surface area contributed by atoms with Crippen LogP contribution in [-0.4, -0.2) is 18.3 Å². The van der Waals surface area contributed by atoms with Crippen LogP contribution in [0.15, 0.2) is 57.7 Å². The molecule has 0 aliphatic heterocycles. The van der Waals surface area contributed by atoms with E-state index in [2.05, 4.69) is 34.9 Å². The molecule has 6 heteroatoms. The Kier molecular flexibility index (Phi) is 5.34. The van der Waals surface area contributed by atoms with Gasteiger partial charge in [-0.3, -0.25) is 0 Å². The zero-order valence-corrected chi connectivity index (χ0v) is 16.1. The summed E-state index contributed by atoms with van der Waals surface area (Å²) in [6.45, 7) is 4.71. The van der Waals surface area contributed by atoms with Crippen molar-refractivity contribution >= 4 is 33.0 Å². The summed E-state index contributed by atoms with van der Waals surface area (Å²) in [4.78, 5) is 1.36. The van der Waals surface area contributed by atoms with Gasteiger partial charge < -0.3 is 14.6 Å². The molecule has 4 rings (SSSR count). The number of fused-ring (bicyclic) bond motifs is 1. The monoisotopic (exact) mass is 384 g/mol. The maximum atomic E-state index is 6.00. The van der Waals surface area contributed by atoms with Crippen LogP contribution in [0.1, 0.15) is 11.8 Å². The Hall–Kier alpha value is -2.15. The van der Waals surface area contributed by atoms with Crippen LogP contribution in [-0.2, 0) is 6.54 Å². The molecule has 4 nitrogen and oxygen atoms in total. The Bertz CT molecular complexity index is 959. The van der Waals surface area contributed by atoms with Gasteiger partial charge in [-0.15, -0.1) is 22.7 Å². The van der Waals surface area contributed by atoms with Crippen LogP contribution in [0.4, 0.5) is 0 Å². The molecule has 0 saturated carbocycles. The molecule has 134 valence electrons. The van der Waals surface area contributed by atoms with Gasteiger partial charge in [0.05, 0.1) is 6.61 Å². The van der Waals surface area contributed by atoms with Crippen molar-refractivity contribution in [2.24, 2.45) is 5.92 Å². The smallest absolute Gasteiger partial charge is 0.178 e. The second kappa shape index (κ2) is 8.03. The van der Waals surface area contributed by atoms with Crippen LogP contribution in [0.25, 0.3) is 21.5 Å². The molecule has 0 aliphatic rings. The van der Waals surface area contributed by atoms with Crippen molar-refractivity contribution in [2.45, 2.75) is 13.5 Å². The molecule has 3 aromatic heterocycles. The summed E-state index contributed by atoms with van der Waals surface area (Å²) in [6.07, 6.45) is 0. The molecule has 1 unspecified atom stereocenters. The van der Waals surface area contributed by atoms with Crippen molar-refractivity contribution < 1.29 is 9.26 Å². The molecule has 3 heterocycles. The zero-order chi connectivity index (χ0) is 17.8. The maximum absolute atomic E-state index is 6.00. The lowest BCUT2D eigenvalue weighted by Crippen LogP contribution is -2.24. The van der Waals surface area contributed by atoms with Crippen LogP contribution < -0.4 is 10.1 Å². The minimum absolute atomic E-state index is 0.426. The topological polar surface area (TPSA) is 47.3 Å². The Morgan fingerprint density at radius 1 is 1.15 bits per heavy atom. The lowest BCUT2D eigenvalue weighted by Gasteiger charge is -2.14. The third-order valence-corrected chi connectivity index (χ3v) is 5.87. The predicted molar refractivity (Wildman–Crippen MR) is 108 cm³/mol. The fourth-order valence-electron chi connectivity index (χ4n) is 2.75. The van der Waals surface area contributed by atoms with Crippen molar-refractivity contribution in [3.63, 3.8) is 0 Å². The lowest BCUT2D eigenvalue weighted by molar-refractivity contribution is 0.255. The van der Waals surface area contributed by atoms with E-state index >= 15 is 0 Å². The first kappa shape index (κ1) is 17.3. The van der Waals surface area contributed by atoms with E-state index in [0.717, 1.165) is 40.4 Å². The van der Waals surface area contributed by atoms with Gasteiger partial charge in [-0.25, -0.2) is 0 Å². The minimum atomic E-state index is 0.426. The molecule has 1 atom stereocenters. The number of hydrogen-bond acceptors (Lipinski definition) is 6. The van der Waals surface area contributed by atoms with Crippen LogP contribution in [0.2, 0.25) is 0 Å². The van der Waals surface area contributed by atoms with Gasteiger partial charge in [0.25, 0.3) is 0 Å². The Morgan fingerprint density at radius 2 is 2.12 bits per heavy atom. The van der Waals surface area contributed by atoms with E-state index in [1.54, 1.807) is 22.7 Å². The van der Waals surface area contributed by atoms with Crippen LogP contribution >= 0.6 is 22.7 Å². The van der Waals surface area contributed by atoms with Crippen LogP contribution in [0, 0.1) is 5.92 Å². The van der Waals surface area contributed by atoms with E-state index in [4.69, 9.17) is 9.26 Å². The van der Waals surface area contributed by atoms with E-state index in [9.17, 15) is 0 Å². The zero-order valence-electron chi connectivity index (χ0n) is 14.5. The largest absolute Gasteiger partial charge is 0.493 e. The van der Waals surface area contributed by atoms with Gasteiger partial charge in [0.15, 0.2) is 5.58 Å². The van der Waals surface area contributed by atoms with E-state index in [1.165, 1.54) is 4.88 Å². The highest BCUT2D eigenvalue weighted by molar-refractivity contribution is 7.17. The number of benzene rings is 1. The summed E-state index contributed by atoms with van der Waals surface area (Å²) < 4.78 is 12.4. The average Bonchev–Trinajstić information content (AvgIpc) is 3.38. The average molecular weight is 385 g/mol. The van der Waals surface area contributed by atoms with Crippen molar-refractivity contribution in [3.8, 4) is 17.0 Å². The SMILES string of the molecule is CC(CNCc1cccs1)COc1cccc(-c2noc3ccsc23)c1. The van der Waals surface area contributed by atoms with Gasteiger partial charge in [0.2, 0.25) is 0 Å². The summed E-state index contributed by atoms with van der Waals surface area (Å²) in [7, 11) is 0.